The molecule has 0 aliphatic carbocycles. The van der Waals surface area contributed by atoms with Gasteiger partial charge in [0.25, 0.3) is 0 Å². The highest BCUT2D eigenvalue weighted by Gasteiger charge is 1.98. The number of rotatable bonds is 3. The normalized spacial score (nSPS) is 10.6. The molecule has 3 heteroatoms. The van der Waals surface area contributed by atoms with Crippen molar-refractivity contribution in [3.05, 3.63) is 59.7 Å². The summed E-state index contributed by atoms with van der Waals surface area (Å²) in [7, 11) is 0. The number of hydrogen-bond donors (Lipinski definition) is 1. The lowest BCUT2D eigenvalue weighted by atomic mass is 10.2. The SMILES string of the molecule is c1ccc(CNc2ccc3sccc3c2)nc1. The summed E-state index contributed by atoms with van der Waals surface area (Å²) in [4.78, 5) is 4.29. The topological polar surface area (TPSA) is 24.9 Å². The van der Waals surface area contributed by atoms with Crippen LogP contribution in [-0.2, 0) is 6.54 Å². The average molecular weight is 240 g/mol. The Kier molecular flexibility index (Phi) is 2.76. The third-order valence-corrected chi connectivity index (χ3v) is 3.55. The Morgan fingerprint density at radius 3 is 3.00 bits per heavy atom. The zero-order valence-corrected chi connectivity index (χ0v) is 10.1. The smallest absolute Gasteiger partial charge is 0.0594 e. The van der Waals surface area contributed by atoms with E-state index < -0.39 is 0 Å². The number of benzene rings is 1. The van der Waals surface area contributed by atoms with Crippen LogP contribution in [0.5, 0.6) is 0 Å². The van der Waals surface area contributed by atoms with Crippen LogP contribution in [0.4, 0.5) is 5.69 Å². The Labute approximate surface area is 104 Å². The van der Waals surface area contributed by atoms with E-state index in [0.717, 1.165) is 17.9 Å². The molecule has 0 spiro atoms. The molecule has 0 aliphatic rings. The minimum Gasteiger partial charge on any atom is -0.379 e. The second-order valence-corrected chi connectivity index (χ2v) is 4.80. The van der Waals surface area contributed by atoms with Gasteiger partial charge in [0.2, 0.25) is 0 Å². The third kappa shape index (κ3) is 2.29. The summed E-state index contributed by atoms with van der Waals surface area (Å²) >= 11 is 1.77. The molecule has 3 rings (SSSR count). The van der Waals surface area contributed by atoms with Crippen LogP contribution in [-0.4, -0.2) is 4.98 Å². The Hall–Kier alpha value is -1.87. The Balaban J connectivity index is 1.76. The van der Waals surface area contributed by atoms with Gasteiger partial charge < -0.3 is 5.32 Å². The highest BCUT2D eigenvalue weighted by atomic mass is 32.1. The maximum atomic E-state index is 4.29. The second-order valence-electron chi connectivity index (χ2n) is 3.85. The lowest BCUT2D eigenvalue weighted by molar-refractivity contribution is 1.05. The minimum atomic E-state index is 0.760. The van der Waals surface area contributed by atoms with Crippen molar-refractivity contribution in [2.45, 2.75) is 6.54 Å². The van der Waals surface area contributed by atoms with Crippen LogP contribution in [0.2, 0.25) is 0 Å². The molecule has 0 atom stereocenters. The van der Waals surface area contributed by atoms with Crippen molar-refractivity contribution in [1.82, 2.24) is 4.98 Å². The maximum Gasteiger partial charge on any atom is 0.0594 e. The molecule has 1 aromatic carbocycles. The van der Waals surface area contributed by atoms with Crippen molar-refractivity contribution < 1.29 is 0 Å². The summed E-state index contributed by atoms with van der Waals surface area (Å²) in [6.45, 7) is 0.760. The van der Waals surface area contributed by atoms with E-state index in [2.05, 4.69) is 39.9 Å². The van der Waals surface area contributed by atoms with E-state index in [1.165, 1.54) is 10.1 Å². The molecule has 0 bridgehead atoms. The van der Waals surface area contributed by atoms with Gasteiger partial charge in [-0.15, -0.1) is 11.3 Å². The zero-order chi connectivity index (χ0) is 11.5. The predicted octanol–water partition coefficient (Wildman–Crippen LogP) is 3.91. The molecule has 2 aromatic heterocycles. The van der Waals surface area contributed by atoms with E-state index in [1.807, 2.05) is 24.4 Å². The van der Waals surface area contributed by atoms with E-state index in [9.17, 15) is 0 Å². The number of nitrogens with zero attached hydrogens (tertiary/aromatic N) is 1. The average Bonchev–Trinajstić information content (AvgIpc) is 2.85. The first-order chi connectivity index (χ1) is 8.42. The number of thiophene rings is 1. The molecule has 2 heterocycles. The molecule has 84 valence electrons. The van der Waals surface area contributed by atoms with Crippen molar-refractivity contribution in [3.8, 4) is 0 Å². The molecule has 0 radical (unpaired) electrons. The molecule has 0 amide bonds. The van der Waals surface area contributed by atoms with Gasteiger partial charge in [0.05, 0.1) is 12.2 Å². The van der Waals surface area contributed by atoms with E-state index >= 15 is 0 Å². The Bertz CT molecular complexity index is 616. The summed E-state index contributed by atoms with van der Waals surface area (Å²) in [6, 6.07) is 14.5. The van der Waals surface area contributed by atoms with Gasteiger partial charge in [-0.05, 0) is 47.2 Å². The predicted molar refractivity (Wildman–Crippen MR) is 73.4 cm³/mol. The summed E-state index contributed by atoms with van der Waals surface area (Å²) in [6.07, 6.45) is 1.82. The Morgan fingerprint density at radius 1 is 1.12 bits per heavy atom. The maximum absolute atomic E-state index is 4.29. The minimum absolute atomic E-state index is 0.760. The molecule has 0 fully saturated rings. The summed E-state index contributed by atoms with van der Waals surface area (Å²) < 4.78 is 1.33. The fourth-order valence-electron chi connectivity index (χ4n) is 1.77. The molecular weight excluding hydrogens is 228 g/mol. The highest BCUT2D eigenvalue weighted by molar-refractivity contribution is 7.17. The molecule has 3 aromatic rings. The van der Waals surface area contributed by atoms with Gasteiger partial charge in [-0.25, -0.2) is 0 Å². The first-order valence-electron chi connectivity index (χ1n) is 5.53. The number of fused-ring (bicyclic) bond motifs is 1. The van der Waals surface area contributed by atoms with Gasteiger partial charge in [0.15, 0.2) is 0 Å². The molecule has 2 nitrogen and oxygen atoms in total. The largest absolute Gasteiger partial charge is 0.379 e. The molecule has 1 N–H and O–H groups in total. The zero-order valence-electron chi connectivity index (χ0n) is 9.26. The van der Waals surface area contributed by atoms with Crippen molar-refractivity contribution >= 4 is 27.1 Å². The van der Waals surface area contributed by atoms with Crippen molar-refractivity contribution in [2.24, 2.45) is 0 Å². The fraction of sp³-hybridized carbons (Fsp3) is 0.0714. The summed E-state index contributed by atoms with van der Waals surface area (Å²) in [5, 5.41) is 6.80. The van der Waals surface area contributed by atoms with Crippen LogP contribution in [0.1, 0.15) is 5.69 Å². The van der Waals surface area contributed by atoms with Crippen LogP contribution in [0, 0.1) is 0 Å². The van der Waals surface area contributed by atoms with Crippen LogP contribution in [0.3, 0.4) is 0 Å². The number of nitrogens with one attached hydrogen (secondary N) is 1. The molecule has 0 aliphatic heterocycles. The van der Waals surface area contributed by atoms with Gasteiger partial charge in [-0.2, -0.15) is 0 Å². The van der Waals surface area contributed by atoms with Crippen LogP contribution < -0.4 is 5.32 Å². The van der Waals surface area contributed by atoms with Gasteiger partial charge in [0, 0.05) is 16.6 Å². The molecule has 17 heavy (non-hydrogen) atoms. The summed E-state index contributed by atoms with van der Waals surface area (Å²) in [5.74, 6) is 0. The number of anilines is 1. The van der Waals surface area contributed by atoms with Gasteiger partial charge in [-0.1, -0.05) is 6.07 Å². The summed E-state index contributed by atoms with van der Waals surface area (Å²) in [5.41, 5.74) is 2.19. The fourth-order valence-corrected chi connectivity index (χ4v) is 2.54. The van der Waals surface area contributed by atoms with Crippen LogP contribution >= 0.6 is 11.3 Å². The monoisotopic (exact) mass is 240 g/mol. The van der Waals surface area contributed by atoms with Gasteiger partial charge >= 0.3 is 0 Å². The van der Waals surface area contributed by atoms with Crippen LogP contribution in [0.15, 0.2) is 54.0 Å². The van der Waals surface area contributed by atoms with E-state index in [0.29, 0.717) is 0 Å². The lowest BCUT2D eigenvalue weighted by Gasteiger charge is -2.05. The first kappa shape index (κ1) is 10.3. The van der Waals surface area contributed by atoms with Gasteiger partial charge in [0.1, 0.15) is 0 Å². The quantitative estimate of drug-likeness (QED) is 0.750. The second kappa shape index (κ2) is 4.55. The molecule has 0 saturated heterocycles. The van der Waals surface area contributed by atoms with Crippen molar-refractivity contribution in [1.29, 1.82) is 0 Å². The van der Waals surface area contributed by atoms with Crippen molar-refractivity contribution in [2.75, 3.05) is 5.32 Å². The first-order valence-corrected chi connectivity index (χ1v) is 6.41. The molecule has 0 saturated carbocycles. The number of aromatic nitrogens is 1. The highest BCUT2D eigenvalue weighted by Crippen LogP contribution is 2.24. The lowest BCUT2D eigenvalue weighted by Crippen LogP contribution is -2.00. The van der Waals surface area contributed by atoms with E-state index in [1.54, 1.807) is 11.3 Å². The van der Waals surface area contributed by atoms with Crippen molar-refractivity contribution in [3.63, 3.8) is 0 Å². The third-order valence-electron chi connectivity index (χ3n) is 2.65. The molecule has 0 unspecified atom stereocenters. The van der Waals surface area contributed by atoms with Gasteiger partial charge in [-0.3, -0.25) is 4.98 Å². The Morgan fingerprint density at radius 2 is 2.12 bits per heavy atom. The standard InChI is InChI=1S/C14H12N2S/c1-2-7-15-13(3-1)10-16-12-4-5-14-11(9-12)6-8-17-14/h1-9,16H,10H2. The van der Waals surface area contributed by atoms with Crippen LogP contribution in [0.25, 0.3) is 10.1 Å². The number of pyridine rings is 1. The molecular formula is C14H12N2S. The van der Waals surface area contributed by atoms with E-state index in [-0.39, 0.29) is 0 Å². The van der Waals surface area contributed by atoms with E-state index in [4.69, 9.17) is 0 Å². The number of hydrogen-bond acceptors (Lipinski definition) is 3.